The molecule has 3 aliphatic rings. The zero-order valence-electron chi connectivity index (χ0n) is 11.2. The van der Waals surface area contributed by atoms with Gasteiger partial charge in [-0.3, -0.25) is 4.79 Å². The van der Waals surface area contributed by atoms with Crippen LogP contribution in [0.4, 0.5) is 0 Å². The van der Waals surface area contributed by atoms with Crippen LogP contribution in [0.15, 0.2) is 0 Å². The Morgan fingerprint density at radius 3 is 2.68 bits per heavy atom. The number of rotatable bonds is 3. The van der Waals surface area contributed by atoms with E-state index >= 15 is 0 Å². The molecule has 19 heavy (non-hydrogen) atoms. The van der Waals surface area contributed by atoms with Crippen molar-refractivity contribution in [3.05, 3.63) is 0 Å². The Morgan fingerprint density at radius 2 is 2.11 bits per heavy atom. The van der Waals surface area contributed by atoms with E-state index in [9.17, 15) is 4.79 Å². The molecule has 1 aliphatic heterocycles. The fourth-order valence-corrected chi connectivity index (χ4v) is 3.75. The van der Waals surface area contributed by atoms with Crippen molar-refractivity contribution in [2.24, 2.45) is 5.41 Å². The van der Waals surface area contributed by atoms with E-state index in [1.807, 2.05) is 0 Å². The van der Waals surface area contributed by atoms with Gasteiger partial charge >= 0.3 is 0 Å². The summed E-state index contributed by atoms with van der Waals surface area (Å²) in [6, 6.07) is 2.58. The standard InChI is InChI=1S/C14H21N3O.ClH/c15-9-12-3-1-6-17(12)13(18)10-16-11-7-14(8-11)4-2-5-14;/h11-12,16H,1-8,10H2;1H/t12-;/m0./s1. The lowest BCUT2D eigenvalue weighted by molar-refractivity contribution is -0.130. The molecule has 0 unspecified atom stereocenters. The molecular weight excluding hydrogens is 262 g/mol. The van der Waals surface area contributed by atoms with Gasteiger partial charge in [0.2, 0.25) is 5.91 Å². The second kappa shape index (κ2) is 5.68. The minimum atomic E-state index is -0.182. The maximum Gasteiger partial charge on any atom is 0.237 e. The fourth-order valence-electron chi connectivity index (χ4n) is 3.75. The predicted molar refractivity (Wildman–Crippen MR) is 74.9 cm³/mol. The molecule has 1 N–H and O–H groups in total. The molecule has 1 amide bonds. The molecule has 0 aromatic carbocycles. The highest BCUT2D eigenvalue weighted by molar-refractivity contribution is 5.85. The summed E-state index contributed by atoms with van der Waals surface area (Å²) in [5.41, 5.74) is 0.656. The molecule has 1 atom stereocenters. The van der Waals surface area contributed by atoms with Gasteiger partial charge < -0.3 is 10.2 Å². The van der Waals surface area contributed by atoms with Gasteiger partial charge in [-0.05, 0) is 43.9 Å². The largest absolute Gasteiger partial charge is 0.326 e. The van der Waals surface area contributed by atoms with Gasteiger partial charge in [0.15, 0.2) is 0 Å². The van der Waals surface area contributed by atoms with E-state index in [1.165, 1.54) is 32.1 Å². The molecule has 1 saturated heterocycles. The van der Waals surface area contributed by atoms with Crippen molar-refractivity contribution in [1.29, 1.82) is 5.26 Å². The summed E-state index contributed by atoms with van der Waals surface area (Å²) in [5.74, 6) is 0.105. The molecule has 0 bridgehead atoms. The smallest absolute Gasteiger partial charge is 0.237 e. The first-order valence-electron chi connectivity index (χ1n) is 7.15. The van der Waals surface area contributed by atoms with Crippen LogP contribution in [0, 0.1) is 16.7 Å². The van der Waals surface area contributed by atoms with Gasteiger partial charge in [0.1, 0.15) is 6.04 Å². The third-order valence-corrected chi connectivity index (χ3v) is 5.04. The van der Waals surface area contributed by atoms with E-state index in [4.69, 9.17) is 5.26 Å². The molecule has 106 valence electrons. The summed E-state index contributed by atoms with van der Waals surface area (Å²) in [5, 5.41) is 12.3. The van der Waals surface area contributed by atoms with Gasteiger partial charge in [0, 0.05) is 12.6 Å². The van der Waals surface area contributed by atoms with Crippen molar-refractivity contribution in [1.82, 2.24) is 10.2 Å². The molecule has 0 radical (unpaired) electrons. The maximum absolute atomic E-state index is 12.0. The Labute approximate surface area is 120 Å². The number of halogens is 1. The average molecular weight is 284 g/mol. The Bertz CT molecular complexity index is 381. The lowest BCUT2D eigenvalue weighted by Gasteiger charge is -2.54. The number of hydrogen-bond acceptors (Lipinski definition) is 3. The zero-order valence-corrected chi connectivity index (χ0v) is 12.0. The van der Waals surface area contributed by atoms with Crippen LogP contribution >= 0.6 is 12.4 Å². The normalized spacial score (nSPS) is 28.2. The number of hydrogen-bond donors (Lipinski definition) is 1. The minimum absolute atomic E-state index is 0. The van der Waals surface area contributed by atoms with Gasteiger partial charge in [0.05, 0.1) is 12.6 Å². The topological polar surface area (TPSA) is 56.1 Å². The Morgan fingerprint density at radius 1 is 1.37 bits per heavy atom. The highest BCUT2D eigenvalue weighted by Crippen LogP contribution is 2.55. The molecule has 0 aromatic rings. The molecule has 3 rings (SSSR count). The molecular formula is C14H22ClN3O. The number of carbonyl (C=O) groups is 1. The fraction of sp³-hybridized carbons (Fsp3) is 0.857. The number of nitrogens with one attached hydrogen (secondary N) is 1. The third-order valence-electron chi connectivity index (χ3n) is 5.04. The van der Waals surface area contributed by atoms with Crippen LogP contribution < -0.4 is 5.32 Å². The number of amides is 1. The summed E-state index contributed by atoms with van der Waals surface area (Å²) >= 11 is 0. The van der Waals surface area contributed by atoms with Crippen LogP contribution in [0.1, 0.15) is 44.9 Å². The predicted octanol–water partition coefficient (Wildman–Crippen LogP) is 1.85. The second-order valence-corrected chi connectivity index (χ2v) is 6.21. The van der Waals surface area contributed by atoms with E-state index in [0.717, 1.165) is 19.4 Å². The Kier molecular flexibility index (Phi) is 4.37. The van der Waals surface area contributed by atoms with Crippen LogP contribution in [0.3, 0.4) is 0 Å². The molecule has 2 saturated carbocycles. The van der Waals surface area contributed by atoms with Crippen LogP contribution in [-0.4, -0.2) is 36.0 Å². The minimum Gasteiger partial charge on any atom is -0.326 e. The van der Waals surface area contributed by atoms with Gasteiger partial charge in [-0.25, -0.2) is 0 Å². The lowest BCUT2D eigenvalue weighted by Crippen LogP contribution is -2.54. The summed E-state index contributed by atoms with van der Waals surface area (Å²) < 4.78 is 0. The molecule has 5 heteroatoms. The van der Waals surface area contributed by atoms with E-state index in [2.05, 4.69) is 11.4 Å². The maximum atomic E-state index is 12.0. The van der Waals surface area contributed by atoms with Crippen LogP contribution in [0.2, 0.25) is 0 Å². The van der Waals surface area contributed by atoms with Gasteiger partial charge in [-0.15, -0.1) is 12.4 Å². The first-order chi connectivity index (χ1) is 8.72. The summed E-state index contributed by atoms with van der Waals surface area (Å²) in [6.07, 6.45) is 8.49. The highest BCUT2D eigenvalue weighted by atomic mass is 35.5. The monoisotopic (exact) mass is 283 g/mol. The van der Waals surface area contributed by atoms with Crippen molar-refractivity contribution in [3.8, 4) is 6.07 Å². The second-order valence-electron chi connectivity index (χ2n) is 6.21. The van der Waals surface area contributed by atoms with Gasteiger partial charge in [-0.1, -0.05) is 6.42 Å². The third kappa shape index (κ3) is 2.73. The SMILES string of the molecule is Cl.N#C[C@@H]1CCCN1C(=O)CNC1CC2(CCC2)C1. The Hall–Kier alpha value is -0.790. The van der Waals surface area contributed by atoms with E-state index in [-0.39, 0.29) is 24.4 Å². The molecule has 0 aromatic heterocycles. The average Bonchev–Trinajstić information content (AvgIpc) is 2.72. The zero-order chi connectivity index (χ0) is 12.6. The number of nitriles is 1. The summed E-state index contributed by atoms with van der Waals surface area (Å²) in [6.45, 7) is 1.17. The first kappa shape index (κ1) is 14.6. The van der Waals surface area contributed by atoms with Gasteiger partial charge in [0.25, 0.3) is 0 Å². The van der Waals surface area contributed by atoms with Crippen LogP contribution in [0.5, 0.6) is 0 Å². The molecule has 2 aliphatic carbocycles. The number of carbonyl (C=O) groups excluding carboxylic acids is 1. The summed E-state index contributed by atoms with van der Waals surface area (Å²) in [7, 11) is 0. The lowest BCUT2D eigenvalue weighted by atomic mass is 9.54. The van der Waals surface area contributed by atoms with Gasteiger partial charge in [-0.2, -0.15) is 5.26 Å². The molecule has 1 heterocycles. The van der Waals surface area contributed by atoms with E-state index in [0.29, 0.717) is 18.0 Å². The van der Waals surface area contributed by atoms with E-state index in [1.54, 1.807) is 4.90 Å². The molecule has 3 fully saturated rings. The van der Waals surface area contributed by atoms with Crippen LogP contribution in [0.25, 0.3) is 0 Å². The molecule has 1 spiro atoms. The quantitative estimate of drug-likeness (QED) is 0.860. The first-order valence-corrected chi connectivity index (χ1v) is 7.15. The Balaban J connectivity index is 0.00000133. The number of nitrogens with zero attached hydrogens (tertiary/aromatic N) is 2. The van der Waals surface area contributed by atoms with Crippen molar-refractivity contribution in [2.45, 2.75) is 57.0 Å². The highest BCUT2D eigenvalue weighted by Gasteiger charge is 2.47. The van der Waals surface area contributed by atoms with Crippen LogP contribution in [-0.2, 0) is 4.79 Å². The van der Waals surface area contributed by atoms with E-state index < -0.39 is 0 Å². The summed E-state index contributed by atoms with van der Waals surface area (Å²) in [4.78, 5) is 13.8. The van der Waals surface area contributed by atoms with Crippen molar-refractivity contribution in [3.63, 3.8) is 0 Å². The van der Waals surface area contributed by atoms with Crippen molar-refractivity contribution < 1.29 is 4.79 Å². The van der Waals surface area contributed by atoms with Crippen molar-refractivity contribution >= 4 is 18.3 Å². The number of likely N-dealkylation sites (tertiary alicyclic amines) is 1. The molecule has 4 nitrogen and oxygen atoms in total. The van der Waals surface area contributed by atoms with Crippen molar-refractivity contribution in [2.75, 3.05) is 13.1 Å².